The molecule has 0 bridgehead atoms. The highest BCUT2D eigenvalue weighted by atomic mass is 19.4. The van der Waals surface area contributed by atoms with Crippen LogP contribution >= 0.6 is 0 Å². The summed E-state index contributed by atoms with van der Waals surface area (Å²) in [4.78, 5) is 8.74. The van der Waals surface area contributed by atoms with Crippen LogP contribution in [-0.2, 0) is 6.18 Å². The fraction of sp³-hybridized carbons (Fsp3) is 0.231. The molecule has 0 aliphatic heterocycles. The topological polar surface area (TPSA) is 49.2 Å². The Morgan fingerprint density at radius 2 is 1.82 bits per heavy atom. The fourth-order valence-electron chi connectivity index (χ4n) is 3.55. The van der Waals surface area contributed by atoms with E-state index < -0.39 is 11.7 Å². The van der Waals surface area contributed by atoms with Gasteiger partial charge < -0.3 is 9.47 Å². The Hall–Kier alpha value is -3.81. The molecule has 5 nitrogen and oxygen atoms in total. The van der Waals surface area contributed by atoms with E-state index in [1.54, 1.807) is 17.8 Å². The number of hydrogen-bond acceptors (Lipinski definition) is 4. The lowest BCUT2D eigenvalue weighted by Gasteiger charge is -2.13. The van der Waals surface area contributed by atoms with Gasteiger partial charge in [-0.1, -0.05) is 37.6 Å². The first-order chi connectivity index (χ1) is 16.4. The Kier molecular flexibility index (Phi) is 6.86. The van der Waals surface area contributed by atoms with Crippen LogP contribution < -0.4 is 9.47 Å². The Morgan fingerprint density at radius 3 is 2.53 bits per heavy atom. The number of alkyl halides is 3. The fourth-order valence-corrected chi connectivity index (χ4v) is 3.55. The van der Waals surface area contributed by atoms with Crippen molar-refractivity contribution in [3.05, 3.63) is 77.7 Å². The molecular formula is C26H24F3N3O2. The summed E-state index contributed by atoms with van der Waals surface area (Å²) >= 11 is 0. The number of para-hydroxylation sites is 3. The first-order valence-corrected chi connectivity index (χ1v) is 10.9. The van der Waals surface area contributed by atoms with Gasteiger partial charge in [-0.3, -0.25) is 4.57 Å². The predicted octanol–water partition coefficient (Wildman–Crippen LogP) is 6.80. The first kappa shape index (κ1) is 23.4. The lowest BCUT2D eigenvalue weighted by Crippen LogP contribution is -2.07. The molecule has 2 heterocycles. The first-order valence-electron chi connectivity index (χ1n) is 10.9. The number of ether oxygens (including phenoxy) is 2. The molecule has 0 aliphatic rings. The van der Waals surface area contributed by atoms with Gasteiger partial charge in [-0.15, -0.1) is 0 Å². The molecule has 4 aromatic rings. The van der Waals surface area contributed by atoms with E-state index in [9.17, 15) is 13.2 Å². The Balaban J connectivity index is 1.77. The summed E-state index contributed by atoms with van der Waals surface area (Å²) in [5.74, 6) is 2.11. The summed E-state index contributed by atoms with van der Waals surface area (Å²) in [6.45, 7) is 2.65. The molecule has 0 radical (unpaired) electrons. The maximum Gasteiger partial charge on any atom is 0.417 e. The number of unbranched alkanes of at least 4 members (excludes halogenated alkanes) is 1. The number of rotatable bonds is 8. The number of methoxy groups -OCH3 is 1. The minimum atomic E-state index is -4.45. The lowest BCUT2D eigenvalue weighted by atomic mass is 10.1. The van der Waals surface area contributed by atoms with E-state index in [1.165, 1.54) is 6.07 Å². The zero-order valence-electron chi connectivity index (χ0n) is 18.8. The minimum absolute atomic E-state index is 0.339. The van der Waals surface area contributed by atoms with Gasteiger partial charge in [0.25, 0.3) is 0 Å². The molecule has 0 saturated carbocycles. The van der Waals surface area contributed by atoms with Gasteiger partial charge >= 0.3 is 6.18 Å². The van der Waals surface area contributed by atoms with Gasteiger partial charge in [0.2, 0.25) is 0 Å². The van der Waals surface area contributed by atoms with Crippen molar-refractivity contribution in [1.82, 2.24) is 14.5 Å². The zero-order chi connectivity index (χ0) is 24.1. The van der Waals surface area contributed by atoms with Crippen molar-refractivity contribution in [2.45, 2.75) is 25.9 Å². The number of imidazole rings is 1. The quantitative estimate of drug-likeness (QED) is 0.268. The monoisotopic (exact) mass is 467 g/mol. The molecule has 0 spiro atoms. The van der Waals surface area contributed by atoms with Crippen LogP contribution in [0.25, 0.3) is 29.0 Å². The SMILES string of the molecule is CCCCOc1c(/C=C/c2nc3ccccc3n2-c2ccc(C(F)(F)F)cn2)cccc1OC. The van der Waals surface area contributed by atoms with Crippen LogP contribution in [0.1, 0.15) is 36.7 Å². The van der Waals surface area contributed by atoms with Crippen molar-refractivity contribution >= 4 is 23.2 Å². The maximum absolute atomic E-state index is 13.0. The second-order valence-electron chi connectivity index (χ2n) is 7.61. The van der Waals surface area contributed by atoms with Gasteiger partial charge in [-0.25, -0.2) is 9.97 Å². The van der Waals surface area contributed by atoms with Gasteiger partial charge in [-0.05, 0) is 48.9 Å². The van der Waals surface area contributed by atoms with Crippen molar-refractivity contribution < 1.29 is 22.6 Å². The molecule has 4 rings (SSSR count). The third-order valence-corrected chi connectivity index (χ3v) is 5.28. The van der Waals surface area contributed by atoms with E-state index in [2.05, 4.69) is 16.9 Å². The highest BCUT2D eigenvalue weighted by Crippen LogP contribution is 2.33. The third-order valence-electron chi connectivity index (χ3n) is 5.28. The molecule has 0 unspecified atom stereocenters. The molecule has 176 valence electrons. The van der Waals surface area contributed by atoms with Crippen molar-refractivity contribution in [1.29, 1.82) is 0 Å². The molecule has 0 saturated heterocycles. The molecule has 0 aliphatic carbocycles. The van der Waals surface area contributed by atoms with Crippen LogP contribution in [0.4, 0.5) is 13.2 Å². The van der Waals surface area contributed by atoms with Crippen molar-refractivity contribution in [2.75, 3.05) is 13.7 Å². The largest absolute Gasteiger partial charge is 0.493 e. The van der Waals surface area contributed by atoms with Crippen LogP contribution in [-0.4, -0.2) is 28.3 Å². The smallest absolute Gasteiger partial charge is 0.417 e. The highest BCUT2D eigenvalue weighted by Gasteiger charge is 2.30. The van der Waals surface area contributed by atoms with E-state index >= 15 is 0 Å². The van der Waals surface area contributed by atoms with Gasteiger partial charge in [0, 0.05) is 11.8 Å². The second kappa shape index (κ2) is 9.99. The molecule has 2 aromatic carbocycles. The van der Waals surface area contributed by atoms with Gasteiger partial charge in [0.05, 0.1) is 30.3 Å². The van der Waals surface area contributed by atoms with E-state index in [-0.39, 0.29) is 0 Å². The average molecular weight is 467 g/mol. The van der Waals surface area contributed by atoms with Crippen LogP contribution in [0.5, 0.6) is 11.5 Å². The highest BCUT2D eigenvalue weighted by molar-refractivity contribution is 5.82. The summed E-state index contributed by atoms with van der Waals surface area (Å²) in [7, 11) is 1.59. The standard InChI is InChI=1S/C26H24F3N3O2/c1-3-4-16-34-25-18(8-7-11-22(25)33-2)12-14-24-31-20-9-5-6-10-21(20)32(24)23-15-13-19(17-30-23)26(27,28)29/h5-15,17H,3-4,16H2,1-2H3/b14-12+. The molecule has 0 N–H and O–H groups in total. The minimum Gasteiger partial charge on any atom is -0.493 e. The summed E-state index contributed by atoms with van der Waals surface area (Å²) < 4.78 is 52.2. The number of pyridine rings is 1. The number of nitrogens with zero attached hydrogens (tertiary/aromatic N) is 3. The lowest BCUT2D eigenvalue weighted by molar-refractivity contribution is -0.137. The van der Waals surface area contributed by atoms with Crippen LogP contribution in [0.2, 0.25) is 0 Å². The number of benzene rings is 2. The molecule has 0 atom stereocenters. The van der Waals surface area contributed by atoms with E-state index in [0.29, 0.717) is 35.3 Å². The summed E-state index contributed by atoms with van der Waals surface area (Å²) in [5.41, 5.74) is 1.44. The van der Waals surface area contributed by atoms with Gasteiger partial charge in [0.15, 0.2) is 11.5 Å². The van der Waals surface area contributed by atoms with E-state index in [4.69, 9.17) is 9.47 Å². The molecule has 8 heteroatoms. The molecule has 0 fully saturated rings. The predicted molar refractivity (Wildman–Crippen MR) is 126 cm³/mol. The Morgan fingerprint density at radius 1 is 1.00 bits per heavy atom. The van der Waals surface area contributed by atoms with Crippen molar-refractivity contribution in [3.63, 3.8) is 0 Å². The van der Waals surface area contributed by atoms with E-state index in [0.717, 1.165) is 36.2 Å². The van der Waals surface area contributed by atoms with Crippen LogP contribution in [0, 0.1) is 0 Å². The van der Waals surface area contributed by atoms with Crippen molar-refractivity contribution in [3.8, 4) is 17.3 Å². The number of aromatic nitrogens is 3. The second-order valence-corrected chi connectivity index (χ2v) is 7.61. The van der Waals surface area contributed by atoms with Crippen molar-refractivity contribution in [2.24, 2.45) is 0 Å². The molecular weight excluding hydrogens is 443 g/mol. The average Bonchev–Trinajstić information content (AvgIpc) is 3.21. The summed E-state index contributed by atoms with van der Waals surface area (Å²) in [6, 6.07) is 15.4. The van der Waals surface area contributed by atoms with Gasteiger partial charge in [0.1, 0.15) is 11.6 Å². The molecule has 0 amide bonds. The van der Waals surface area contributed by atoms with Crippen LogP contribution in [0.15, 0.2) is 60.8 Å². The Labute approximate surface area is 195 Å². The number of hydrogen-bond donors (Lipinski definition) is 0. The zero-order valence-corrected chi connectivity index (χ0v) is 18.8. The van der Waals surface area contributed by atoms with E-state index in [1.807, 2.05) is 48.5 Å². The summed E-state index contributed by atoms with van der Waals surface area (Å²) in [5, 5.41) is 0. The molecule has 2 aromatic heterocycles. The Bertz CT molecular complexity index is 1300. The summed E-state index contributed by atoms with van der Waals surface area (Å²) in [6.07, 6.45) is 1.94. The van der Waals surface area contributed by atoms with Crippen LogP contribution in [0.3, 0.4) is 0 Å². The third kappa shape index (κ3) is 4.90. The normalized spacial score (nSPS) is 11.9. The maximum atomic E-state index is 13.0. The number of halogens is 3. The number of fused-ring (bicyclic) bond motifs is 1. The van der Waals surface area contributed by atoms with Gasteiger partial charge in [-0.2, -0.15) is 13.2 Å². The molecule has 34 heavy (non-hydrogen) atoms.